The van der Waals surface area contributed by atoms with Gasteiger partial charge in [-0.3, -0.25) is 9.69 Å². The van der Waals surface area contributed by atoms with Gasteiger partial charge in [-0.2, -0.15) is 5.26 Å². The van der Waals surface area contributed by atoms with E-state index in [0.717, 1.165) is 25.8 Å². The summed E-state index contributed by atoms with van der Waals surface area (Å²) in [5, 5.41) is 20.3. The predicted octanol–water partition coefficient (Wildman–Crippen LogP) is 1.59. The zero-order valence-corrected chi connectivity index (χ0v) is 11.8. The average molecular weight is 275 g/mol. The second-order valence-electron chi connectivity index (χ2n) is 4.76. The molecule has 0 saturated heterocycles. The molecule has 5 nitrogen and oxygen atoms in total. The van der Waals surface area contributed by atoms with Crippen molar-refractivity contribution in [1.82, 2.24) is 4.90 Å². The third-order valence-corrected chi connectivity index (χ3v) is 2.89. The first-order chi connectivity index (χ1) is 9.65. The number of benzene rings is 1. The summed E-state index contributed by atoms with van der Waals surface area (Å²) in [7, 11) is 1.89. The smallest absolute Gasteiger partial charge is 0.238 e. The molecule has 0 aliphatic rings. The highest BCUT2D eigenvalue weighted by molar-refractivity contribution is 5.92. The van der Waals surface area contributed by atoms with E-state index in [1.54, 1.807) is 24.3 Å². The molecule has 0 unspecified atom stereocenters. The number of amides is 1. The molecule has 0 radical (unpaired) electrons. The van der Waals surface area contributed by atoms with E-state index in [4.69, 9.17) is 10.4 Å². The van der Waals surface area contributed by atoms with Crippen LogP contribution in [0.5, 0.6) is 0 Å². The fourth-order valence-corrected chi connectivity index (χ4v) is 1.86. The van der Waals surface area contributed by atoms with Gasteiger partial charge in [0, 0.05) is 12.3 Å². The maximum Gasteiger partial charge on any atom is 0.238 e. The second kappa shape index (κ2) is 9.08. The summed E-state index contributed by atoms with van der Waals surface area (Å²) in [5.74, 6) is -0.0928. The monoisotopic (exact) mass is 275 g/mol. The van der Waals surface area contributed by atoms with Crippen molar-refractivity contribution in [2.75, 3.05) is 32.1 Å². The first-order valence-corrected chi connectivity index (χ1v) is 6.75. The van der Waals surface area contributed by atoms with Crippen LogP contribution in [0.3, 0.4) is 0 Å². The zero-order chi connectivity index (χ0) is 14.8. The highest BCUT2D eigenvalue weighted by Gasteiger charge is 2.07. The third-order valence-electron chi connectivity index (χ3n) is 2.89. The van der Waals surface area contributed by atoms with E-state index >= 15 is 0 Å². The standard InChI is InChI=1S/C15H21N3O2/c1-18(8-3-2-4-9-19)12-15(20)17-14-7-5-6-13(10-14)11-16/h5-7,10,19H,2-4,8-9,12H2,1H3,(H,17,20). The van der Waals surface area contributed by atoms with Crippen LogP contribution in [0, 0.1) is 11.3 Å². The summed E-state index contributed by atoms with van der Waals surface area (Å²) in [5.41, 5.74) is 1.17. The van der Waals surface area contributed by atoms with Gasteiger partial charge >= 0.3 is 0 Å². The fraction of sp³-hybridized carbons (Fsp3) is 0.467. The Labute approximate surface area is 119 Å². The highest BCUT2D eigenvalue weighted by Crippen LogP contribution is 2.09. The van der Waals surface area contributed by atoms with Crippen LogP contribution in [0.2, 0.25) is 0 Å². The van der Waals surface area contributed by atoms with Gasteiger partial charge in [-0.25, -0.2) is 0 Å². The van der Waals surface area contributed by atoms with E-state index < -0.39 is 0 Å². The Morgan fingerprint density at radius 1 is 1.40 bits per heavy atom. The quantitative estimate of drug-likeness (QED) is 0.706. The highest BCUT2D eigenvalue weighted by atomic mass is 16.2. The average Bonchev–Trinajstić information content (AvgIpc) is 2.43. The van der Waals surface area contributed by atoms with Gasteiger partial charge in [0.2, 0.25) is 5.91 Å². The molecule has 0 aliphatic carbocycles. The normalized spacial score (nSPS) is 10.3. The lowest BCUT2D eigenvalue weighted by molar-refractivity contribution is -0.117. The predicted molar refractivity (Wildman–Crippen MR) is 78.2 cm³/mol. The molecular formula is C15H21N3O2. The minimum absolute atomic E-state index is 0.0928. The molecule has 0 aliphatic heterocycles. The van der Waals surface area contributed by atoms with Crippen molar-refractivity contribution in [3.05, 3.63) is 29.8 Å². The number of rotatable bonds is 8. The molecule has 0 heterocycles. The van der Waals surface area contributed by atoms with Crippen molar-refractivity contribution < 1.29 is 9.90 Å². The van der Waals surface area contributed by atoms with Crippen molar-refractivity contribution in [3.63, 3.8) is 0 Å². The Morgan fingerprint density at radius 2 is 2.20 bits per heavy atom. The summed E-state index contributed by atoms with van der Waals surface area (Å²) in [6.45, 7) is 1.36. The maximum atomic E-state index is 11.8. The Bertz CT molecular complexity index is 468. The number of nitrogens with one attached hydrogen (secondary N) is 1. The van der Waals surface area contributed by atoms with Crippen molar-refractivity contribution in [2.24, 2.45) is 0 Å². The number of nitrogens with zero attached hydrogens (tertiary/aromatic N) is 2. The summed E-state index contributed by atoms with van der Waals surface area (Å²) < 4.78 is 0. The maximum absolute atomic E-state index is 11.8. The molecule has 0 saturated carbocycles. The number of carbonyl (C=O) groups excluding carboxylic acids is 1. The van der Waals surface area contributed by atoms with Gasteiger partial charge in [-0.05, 0) is 51.1 Å². The number of hydrogen-bond acceptors (Lipinski definition) is 4. The molecule has 1 aromatic rings. The number of unbranched alkanes of at least 4 members (excludes halogenated alkanes) is 2. The topological polar surface area (TPSA) is 76.4 Å². The third kappa shape index (κ3) is 6.32. The first kappa shape index (κ1) is 16.2. The van der Waals surface area contributed by atoms with Crippen molar-refractivity contribution in [3.8, 4) is 6.07 Å². The lowest BCUT2D eigenvalue weighted by Gasteiger charge is -2.16. The molecule has 1 amide bonds. The minimum Gasteiger partial charge on any atom is -0.396 e. The first-order valence-electron chi connectivity index (χ1n) is 6.75. The Balaban J connectivity index is 2.33. The van der Waals surface area contributed by atoms with E-state index in [9.17, 15) is 4.79 Å². The number of likely N-dealkylation sites (N-methyl/N-ethyl adjacent to an activating group) is 1. The summed E-state index contributed by atoms with van der Waals surface area (Å²) in [6, 6.07) is 8.90. The Morgan fingerprint density at radius 3 is 2.90 bits per heavy atom. The summed E-state index contributed by atoms with van der Waals surface area (Å²) in [6.07, 6.45) is 2.74. The minimum atomic E-state index is -0.0928. The Kier molecular flexibility index (Phi) is 7.33. The van der Waals surface area contributed by atoms with Crippen molar-refractivity contribution in [2.45, 2.75) is 19.3 Å². The summed E-state index contributed by atoms with van der Waals surface area (Å²) in [4.78, 5) is 13.8. The van der Waals surface area contributed by atoms with Crippen LogP contribution in [-0.2, 0) is 4.79 Å². The molecule has 1 rings (SSSR count). The van der Waals surface area contributed by atoms with Gasteiger partial charge < -0.3 is 10.4 Å². The number of nitriles is 1. The van der Waals surface area contributed by atoms with E-state index in [1.165, 1.54) is 0 Å². The molecule has 0 aromatic heterocycles. The zero-order valence-electron chi connectivity index (χ0n) is 11.8. The van der Waals surface area contributed by atoms with E-state index in [1.807, 2.05) is 18.0 Å². The Hall–Kier alpha value is -1.90. The molecule has 20 heavy (non-hydrogen) atoms. The number of carbonyl (C=O) groups is 1. The summed E-state index contributed by atoms with van der Waals surface area (Å²) >= 11 is 0. The van der Waals surface area contributed by atoms with Crippen molar-refractivity contribution in [1.29, 1.82) is 5.26 Å². The van der Waals surface area contributed by atoms with Gasteiger partial charge in [0.25, 0.3) is 0 Å². The molecule has 0 atom stereocenters. The van der Waals surface area contributed by atoms with Crippen LogP contribution in [0.15, 0.2) is 24.3 Å². The molecule has 108 valence electrons. The van der Waals surface area contributed by atoms with E-state index in [0.29, 0.717) is 17.8 Å². The SMILES string of the molecule is CN(CCCCCO)CC(=O)Nc1cccc(C#N)c1. The van der Waals surface area contributed by atoms with Crippen LogP contribution in [-0.4, -0.2) is 42.7 Å². The molecule has 0 spiro atoms. The molecular weight excluding hydrogens is 254 g/mol. The molecule has 0 fully saturated rings. The number of aliphatic hydroxyl groups excluding tert-OH is 1. The van der Waals surface area contributed by atoms with Crippen LogP contribution >= 0.6 is 0 Å². The molecule has 5 heteroatoms. The lowest BCUT2D eigenvalue weighted by Crippen LogP contribution is -2.30. The van der Waals surface area contributed by atoms with Gasteiger partial charge in [0.15, 0.2) is 0 Å². The van der Waals surface area contributed by atoms with Crippen molar-refractivity contribution >= 4 is 11.6 Å². The number of aliphatic hydroxyl groups is 1. The fourth-order valence-electron chi connectivity index (χ4n) is 1.86. The van der Waals surface area contributed by atoms with Gasteiger partial charge in [0.1, 0.15) is 0 Å². The number of hydrogen-bond donors (Lipinski definition) is 2. The van der Waals surface area contributed by atoms with Crippen LogP contribution in [0.4, 0.5) is 5.69 Å². The van der Waals surface area contributed by atoms with Gasteiger partial charge in [-0.15, -0.1) is 0 Å². The van der Waals surface area contributed by atoms with Crippen LogP contribution < -0.4 is 5.32 Å². The largest absolute Gasteiger partial charge is 0.396 e. The van der Waals surface area contributed by atoms with Gasteiger partial charge in [0.05, 0.1) is 18.2 Å². The van der Waals surface area contributed by atoms with E-state index in [-0.39, 0.29) is 12.5 Å². The molecule has 2 N–H and O–H groups in total. The second-order valence-corrected chi connectivity index (χ2v) is 4.76. The van der Waals surface area contributed by atoms with Crippen LogP contribution in [0.1, 0.15) is 24.8 Å². The lowest BCUT2D eigenvalue weighted by atomic mass is 10.2. The van der Waals surface area contributed by atoms with Gasteiger partial charge in [-0.1, -0.05) is 6.07 Å². The van der Waals surface area contributed by atoms with E-state index in [2.05, 4.69) is 5.32 Å². The van der Waals surface area contributed by atoms with Crippen LogP contribution in [0.25, 0.3) is 0 Å². The number of anilines is 1. The molecule has 0 bridgehead atoms. The molecule has 1 aromatic carbocycles.